The highest BCUT2D eigenvalue weighted by atomic mass is 79.9. The fraction of sp³-hybridized carbons (Fsp3) is 0.500. The van der Waals surface area contributed by atoms with E-state index in [1.165, 1.54) is 34.9 Å². The Labute approximate surface area is 98.7 Å². The van der Waals surface area contributed by atoms with Crippen LogP contribution in [0.1, 0.15) is 24.0 Å². The molecule has 1 aromatic carbocycles. The lowest BCUT2D eigenvalue weighted by molar-refractivity contribution is 0.0510. The SMILES string of the molecule is COCOc1cc(Br)c2c(c1)CCCC2. The van der Waals surface area contributed by atoms with Crippen LogP contribution in [0.4, 0.5) is 0 Å². The minimum Gasteiger partial charge on any atom is -0.468 e. The molecule has 0 saturated carbocycles. The molecule has 1 aromatic rings. The summed E-state index contributed by atoms with van der Waals surface area (Å²) in [5, 5.41) is 0. The zero-order valence-electron chi connectivity index (χ0n) is 8.88. The highest BCUT2D eigenvalue weighted by molar-refractivity contribution is 9.10. The van der Waals surface area contributed by atoms with E-state index < -0.39 is 0 Å². The predicted molar refractivity (Wildman–Crippen MR) is 63.3 cm³/mol. The summed E-state index contributed by atoms with van der Waals surface area (Å²) in [7, 11) is 1.63. The second-order valence-electron chi connectivity index (χ2n) is 3.80. The number of methoxy groups -OCH3 is 1. The molecule has 1 aliphatic carbocycles. The summed E-state index contributed by atoms with van der Waals surface area (Å²) in [5.74, 6) is 0.893. The topological polar surface area (TPSA) is 18.5 Å². The predicted octanol–water partition coefficient (Wildman–Crippen LogP) is 3.31. The van der Waals surface area contributed by atoms with E-state index in [0.29, 0.717) is 6.79 Å². The summed E-state index contributed by atoms with van der Waals surface area (Å²) >= 11 is 3.60. The zero-order valence-corrected chi connectivity index (χ0v) is 10.5. The van der Waals surface area contributed by atoms with E-state index >= 15 is 0 Å². The van der Waals surface area contributed by atoms with Crippen LogP contribution in [0.2, 0.25) is 0 Å². The first-order valence-corrected chi connectivity index (χ1v) is 6.03. The molecule has 0 fully saturated rings. The number of benzene rings is 1. The van der Waals surface area contributed by atoms with Gasteiger partial charge < -0.3 is 9.47 Å². The van der Waals surface area contributed by atoms with Crippen LogP contribution < -0.4 is 4.74 Å². The average molecular weight is 271 g/mol. The number of rotatable bonds is 3. The van der Waals surface area contributed by atoms with E-state index in [-0.39, 0.29) is 0 Å². The Morgan fingerprint density at radius 3 is 2.87 bits per heavy atom. The van der Waals surface area contributed by atoms with Gasteiger partial charge >= 0.3 is 0 Å². The molecule has 0 heterocycles. The summed E-state index contributed by atoms with van der Waals surface area (Å²) in [6.45, 7) is 0.311. The zero-order chi connectivity index (χ0) is 10.7. The highest BCUT2D eigenvalue weighted by Gasteiger charge is 2.13. The Bertz CT molecular complexity index is 350. The molecule has 0 bridgehead atoms. The van der Waals surface area contributed by atoms with Crippen LogP contribution in [0, 0.1) is 0 Å². The van der Waals surface area contributed by atoms with Crippen LogP contribution in [0.25, 0.3) is 0 Å². The Kier molecular flexibility index (Phi) is 3.65. The quantitative estimate of drug-likeness (QED) is 0.785. The van der Waals surface area contributed by atoms with Gasteiger partial charge in [-0.2, -0.15) is 0 Å². The van der Waals surface area contributed by atoms with E-state index in [9.17, 15) is 0 Å². The molecule has 82 valence electrons. The van der Waals surface area contributed by atoms with Gasteiger partial charge in [-0.3, -0.25) is 0 Å². The van der Waals surface area contributed by atoms with Crippen molar-refractivity contribution >= 4 is 15.9 Å². The fourth-order valence-electron chi connectivity index (χ4n) is 2.00. The molecule has 0 radical (unpaired) electrons. The van der Waals surface area contributed by atoms with Gasteiger partial charge in [0.1, 0.15) is 5.75 Å². The minimum absolute atomic E-state index is 0.311. The van der Waals surface area contributed by atoms with Gasteiger partial charge in [0.25, 0.3) is 0 Å². The summed E-state index contributed by atoms with van der Waals surface area (Å²) < 4.78 is 11.5. The van der Waals surface area contributed by atoms with Crippen molar-refractivity contribution in [2.45, 2.75) is 25.7 Å². The molecule has 0 aromatic heterocycles. The number of hydrogen-bond donors (Lipinski definition) is 0. The Balaban J connectivity index is 2.24. The number of ether oxygens (including phenoxy) is 2. The van der Waals surface area contributed by atoms with Crippen molar-refractivity contribution in [2.75, 3.05) is 13.9 Å². The van der Waals surface area contributed by atoms with Gasteiger partial charge in [-0.25, -0.2) is 0 Å². The summed E-state index contributed by atoms with van der Waals surface area (Å²) in [5.41, 5.74) is 2.87. The maximum Gasteiger partial charge on any atom is 0.188 e. The lowest BCUT2D eigenvalue weighted by Gasteiger charge is -2.18. The third kappa shape index (κ3) is 2.52. The van der Waals surface area contributed by atoms with Crippen LogP contribution >= 0.6 is 15.9 Å². The number of fused-ring (bicyclic) bond motifs is 1. The third-order valence-corrected chi connectivity index (χ3v) is 3.44. The molecule has 0 atom stereocenters. The van der Waals surface area contributed by atoms with Crippen molar-refractivity contribution in [2.24, 2.45) is 0 Å². The Morgan fingerprint density at radius 2 is 2.07 bits per heavy atom. The molecule has 0 saturated heterocycles. The van der Waals surface area contributed by atoms with Crippen molar-refractivity contribution in [1.29, 1.82) is 0 Å². The van der Waals surface area contributed by atoms with Crippen LogP contribution in [0.5, 0.6) is 5.75 Å². The molecule has 0 N–H and O–H groups in total. The largest absolute Gasteiger partial charge is 0.468 e. The van der Waals surface area contributed by atoms with Gasteiger partial charge in [-0.05, 0) is 48.9 Å². The van der Waals surface area contributed by atoms with Crippen LogP contribution in [-0.2, 0) is 17.6 Å². The van der Waals surface area contributed by atoms with Crippen molar-refractivity contribution < 1.29 is 9.47 Å². The van der Waals surface area contributed by atoms with Gasteiger partial charge in [0.15, 0.2) is 6.79 Å². The molecule has 1 aliphatic rings. The summed E-state index contributed by atoms with van der Waals surface area (Å²) in [4.78, 5) is 0. The summed E-state index contributed by atoms with van der Waals surface area (Å²) in [6, 6.07) is 4.17. The smallest absolute Gasteiger partial charge is 0.188 e. The molecular formula is C12H15BrO2. The first-order valence-electron chi connectivity index (χ1n) is 5.24. The first kappa shape index (κ1) is 11.0. The standard InChI is InChI=1S/C12H15BrO2/c1-14-8-15-10-6-9-4-2-3-5-11(9)12(13)7-10/h6-7H,2-5,8H2,1H3. The third-order valence-electron chi connectivity index (χ3n) is 2.73. The second-order valence-corrected chi connectivity index (χ2v) is 4.66. The molecule has 15 heavy (non-hydrogen) atoms. The van der Waals surface area contributed by atoms with E-state index in [1.54, 1.807) is 7.11 Å². The van der Waals surface area contributed by atoms with Gasteiger partial charge in [0, 0.05) is 11.6 Å². The second kappa shape index (κ2) is 4.99. The van der Waals surface area contributed by atoms with Gasteiger partial charge in [-0.15, -0.1) is 0 Å². The molecule has 0 amide bonds. The number of hydrogen-bond acceptors (Lipinski definition) is 2. The normalized spacial score (nSPS) is 14.8. The van der Waals surface area contributed by atoms with Crippen LogP contribution in [0.3, 0.4) is 0 Å². The molecule has 0 spiro atoms. The lowest BCUT2D eigenvalue weighted by Crippen LogP contribution is -2.05. The molecule has 0 unspecified atom stereocenters. The molecule has 2 nitrogen and oxygen atoms in total. The monoisotopic (exact) mass is 270 g/mol. The first-order chi connectivity index (χ1) is 7.31. The molecule has 0 aliphatic heterocycles. The van der Waals surface area contributed by atoms with Crippen molar-refractivity contribution in [3.05, 3.63) is 27.7 Å². The van der Waals surface area contributed by atoms with Gasteiger partial charge in [0.2, 0.25) is 0 Å². The number of aryl methyl sites for hydroxylation is 1. The van der Waals surface area contributed by atoms with Crippen LogP contribution in [-0.4, -0.2) is 13.9 Å². The van der Waals surface area contributed by atoms with E-state index in [1.807, 2.05) is 6.07 Å². The van der Waals surface area contributed by atoms with E-state index in [0.717, 1.165) is 12.2 Å². The van der Waals surface area contributed by atoms with Crippen molar-refractivity contribution in [3.63, 3.8) is 0 Å². The van der Waals surface area contributed by atoms with E-state index in [2.05, 4.69) is 22.0 Å². The highest BCUT2D eigenvalue weighted by Crippen LogP contribution is 2.32. The Morgan fingerprint density at radius 1 is 1.27 bits per heavy atom. The Hall–Kier alpha value is -0.540. The van der Waals surface area contributed by atoms with Crippen molar-refractivity contribution in [3.8, 4) is 5.75 Å². The van der Waals surface area contributed by atoms with E-state index in [4.69, 9.17) is 9.47 Å². The molecular weight excluding hydrogens is 256 g/mol. The van der Waals surface area contributed by atoms with Gasteiger partial charge in [-0.1, -0.05) is 15.9 Å². The lowest BCUT2D eigenvalue weighted by atomic mass is 9.92. The fourth-order valence-corrected chi connectivity index (χ4v) is 2.67. The minimum atomic E-state index is 0.311. The van der Waals surface area contributed by atoms with Crippen LogP contribution in [0.15, 0.2) is 16.6 Å². The summed E-state index contributed by atoms with van der Waals surface area (Å²) in [6.07, 6.45) is 4.93. The molecule has 3 heteroatoms. The number of halogens is 1. The van der Waals surface area contributed by atoms with Gasteiger partial charge in [0.05, 0.1) is 0 Å². The van der Waals surface area contributed by atoms with Crippen molar-refractivity contribution in [1.82, 2.24) is 0 Å². The molecule has 2 rings (SSSR count). The maximum absolute atomic E-state index is 5.45. The maximum atomic E-state index is 5.45. The average Bonchev–Trinajstić information content (AvgIpc) is 2.26.